The Morgan fingerprint density at radius 3 is 2.62 bits per heavy atom. The molecule has 4 rings (SSSR count). The lowest BCUT2D eigenvalue weighted by Crippen LogP contribution is -2.16. The van der Waals surface area contributed by atoms with Gasteiger partial charge in [-0.25, -0.2) is 4.79 Å². The third kappa shape index (κ3) is 5.46. The van der Waals surface area contributed by atoms with Crippen molar-refractivity contribution in [2.24, 2.45) is 0 Å². The fraction of sp³-hybridized carbons (Fsp3) is 0.167. The lowest BCUT2D eigenvalue weighted by atomic mass is 10.2. The fourth-order valence-electron chi connectivity index (χ4n) is 3.09. The molecular formula is C24H21N3O5S2. The number of amides is 1. The first kappa shape index (κ1) is 23.5. The number of para-hydroxylation sites is 1. The van der Waals surface area contributed by atoms with E-state index in [0.717, 1.165) is 22.2 Å². The van der Waals surface area contributed by atoms with E-state index in [4.69, 9.17) is 13.9 Å². The van der Waals surface area contributed by atoms with Gasteiger partial charge in [0.15, 0.2) is 0 Å². The zero-order valence-electron chi connectivity index (χ0n) is 18.4. The number of methoxy groups -OCH3 is 1. The zero-order valence-corrected chi connectivity index (χ0v) is 20.1. The normalized spacial score (nSPS) is 10.6. The van der Waals surface area contributed by atoms with Gasteiger partial charge in [0.05, 0.1) is 30.7 Å². The number of nitrogens with one attached hydrogen (secondary N) is 1. The van der Waals surface area contributed by atoms with Crippen molar-refractivity contribution in [1.82, 2.24) is 10.2 Å². The van der Waals surface area contributed by atoms with Gasteiger partial charge < -0.3 is 19.2 Å². The summed E-state index contributed by atoms with van der Waals surface area (Å²) in [5, 5.41) is 11.1. The van der Waals surface area contributed by atoms with Gasteiger partial charge in [-0.05, 0) is 30.7 Å². The number of carbonyl (C=O) groups is 2. The molecule has 0 aliphatic carbocycles. The number of aromatic nitrogens is 2. The molecule has 0 saturated carbocycles. The summed E-state index contributed by atoms with van der Waals surface area (Å²) in [5.41, 5.74) is 2.02. The van der Waals surface area contributed by atoms with E-state index < -0.39 is 5.97 Å². The molecule has 0 atom stereocenters. The first-order chi connectivity index (χ1) is 16.6. The van der Waals surface area contributed by atoms with Gasteiger partial charge in [-0.3, -0.25) is 4.79 Å². The number of carbonyl (C=O) groups excluding carboxylic acids is 2. The van der Waals surface area contributed by atoms with Crippen LogP contribution in [0.5, 0.6) is 5.75 Å². The van der Waals surface area contributed by atoms with Crippen LogP contribution in [0.2, 0.25) is 0 Å². The maximum absolute atomic E-state index is 12.7. The molecule has 8 nitrogen and oxygen atoms in total. The molecule has 0 radical (unpaired) electrons. The SMILES string of the molecule is CCOC(=O)c1sc(-c2ccccc2)cc1NC(=O)CSc1nnc(-c2ccccc2OC)o1. The molecule has 0 bridgehead atoms. The molecule has 1 N–H and O–H groups in total. The van der Waals surface area contributed by atoms with Gasteiger partial charge in [0.1, 0.15) is 10.6 Å². The standard InChI is InChI=1S/C24H21N3O5S2/c1-3-31-23(29)21-17(13-19(34-21)15-9-5-4-6-10-15)25-20(28)14-33-24-27-26-22(32-24)16-11-7-8-12-18(16)30-2/h4-13H,3,14H2,1-2H3,(H,25,28). The molecule has 0 aliphatic heterocycles. The Morgan fingerprint density at radius 1 is 1.09 bits per heavy atom. The molecule has 34 heavy (non-hydrogen) atoms. The molecule has 0 spiro atoms. The Kier molecular flexibility index (Phi) is 7.61. The van der Waals surface area contributed by atoms with Gasteiger partial charge >= 0.3 is 5.97 Å². The Hall–Kier alpha value is -3.63. The third-order valence-electron chi connectivity index (χ3n) is 4.60. The van der Waals surface area contributed by atoms with Crippen LogP contribution in [-0.4, -0.2) is 41.5 Å². The minimum atomic E-state index is -0.476. The van der Waals surface area contributed by atoms with E-state index in [1.807, 2.05) is 48.5 Å². The number of esters is 1. The van der Waals surface area contributed by atoms with Gasteiger partial charge in [-0.2, -0.15) is 0 Å². The molecular weight excluding hydrogens is 474 g/mol. The van der Waals surface area contributed by atoms with E-state index >= 15 is 0 Å². The topological polar surface area (TPSA) is 104 Å². The first-order valence-corrected chi connectivity index (χ1v) is 12.1. The number of benzene rings is 2. The first-order valence-electron chi connectivity index (χ1n) is 10.3. The van der Waals surface area contributed by atoms with Gasteiger partial charge in [0, 0.05) is 4.88 Å². The van der Waals surface area contributed by atoms with Crippen LogP contribution < -0.4 is 10.1 Å². The number of thioether (sulfide) groups is 1. The van der Waals surface area contributed by atoms with Gasteiger partial charge in [-0.1, -0.05) is 54.2 Å². The van der Waals surface area contributed by atoms with Crippen LogP contribution in [0.15, 0.2) is 70.3 Å². The minimum absolute atomic E-state index is 0.0202. The van der Waals surface area contributed by atoms with Crippen LogP contribution in [0.4, 0.5) is 5.69 Å². The molecule has 0 saturated heterocycles. The molecule has 4 aromatic rings. The molecule has 0 unspecified atom stereocenters. The third-order valence-corrected chi connectivity index (χ3v) is 6.58. The predicted octanol–water partition coefficient (Wildman–Crippen LogP) is 5.38. The van der Waals surface area contributed by atoms with Crippen molar-refractivity contribution < 1.29 is 23.5 Å². The molecule has 0 aliphatic rings. The quantitative estimate of drug-likeness (QED) is 0.244. The largest absolute Gasteiger partial charge is 0.496 e. The monoisotopic (exact) mass is 495 g/mol. The predicted molar refractivity (Wildman–Crippen MR) is 131 cm³/mol. The van der Waals surface area contributed by atoms with Crippen LogP contribution in [0.25, 0.3) is 21.9 Å². The summed E-state index contributed by atoms with van der Waals surface area (Å²) in [5.74, 6) is 0.140. The second-order valence-electron chi connectivity index (χ2n) is 6.85. The number of rotatable bonds is 9. The molecule has 1 amide bonds. The zero-order chi connectivity index (χ0) is 23.9. The van der Waals surface area contributed by atoms with Crippen molar-refractivity contribution in [2.75, 3.05) is 24.8 Å². The summed E-state index contributed by atoms with van der Waals surface area (Å²) in [6.07, 6.45) is 0. The number of hydrogen-bond donors (Lipinski definition) is 1. The average molecular weight is 496 g/mol. The molecule has 0 fully saturated rings. The van der Waals surface area contributed by atoms with Gasteiger partial charge in [-0.15, -0.1) is 21.5 Å². The summed E-state index contributed by atoms with van der Waals surface area (Å²) < 4.78 is 16.2. The fourth-order valence-corrected chi connectivity index (χ4v) is 4.66. The van der Waals surface area contributed by atoms with Crippen LogP contribution >= 0.6 is 23.1 Å². The Bertz CT molecular complexity index is 1290. The van der Waals surface area contributed by atoms with Gasteiger partial charge in [0.25, 0.3) is 11.1 Å². The van der Waals surface area contributed by atoms with E-state index in [0.29, 0.717) is 27.8 Å². The summed E-state index contributed by atoms with van der Waals surface area (Å²) in [7, 11) is 1.56. The van der Waals surface area contributed by atoms with Gasteiger partial charge in [0.2, 0.25) is 5.91 Å². The lowest BCUT2D eigenvalue weighted by Gasteiger charge is -2.05. The summed E-state index contributed by atoms with van der Waals surface area (Å²) in [6.45, 7) is 1.98. The smallest absolute Gasteiger partial charge is 0.350 e. The number of nitrogens with zero attached hydrogens (tertiary/aromatic N) is 2. The second kappa shape index (κ2) is 11.0. The number of anilines is 1. The van der Waals surface area contributed by atoms with Crippen molar-refractivity contribution >= 4 is 40.7 Å². The highest BCUT2D eigenvalue weighted by Gasteiger charge is 2.21. The molecule has 174 valence electrons. The number of ether oxygens (including phenoxy) is 2. The van der Waals surface area contributed by atoms with Crippen molar-refractivity contribution in [3.63, 3.8) is 0 Å². The van der Waals surface area contributed by atoms with Crippen LogP contribution in [0.1, 0.15) is 16.6 Å². The van der Waals surface area contributed by atoms with E-state index in [-0.39, 0.29) is 23.5 Å². The maximum atomic E-state index is 12.7. The molecule has 2 aromatic heterocycles. The van der Waals surface area contributed by atoms with Crippen LogP contribution in [-0.2, 0) is 9.53 Å². The van der Waals surface area contributed by atoms with E-state index in [9.17, 15) is 9.59 Å². The van der Waals surface area contributed by atoms with E-state index in [2.05, 4.69) is 15.5 Å². The van der Waals surface area contributed by atoms with Crippen molar-refractivity contribution in [3.05, 3.63) is 65.5 Å². The molecule has 2 aromatic carbocycles. The minimum Gasteiger partial charge on any atom is -0.496 e. The Morgan fingerprint density at radius 2 is 1.85 bits per heavy atom. The lowest BCUT2D eigenvalue weighted by molar-refractivity contribution is -0.113. The summed E-state index contributed by atoms with van der Waals surface area (Å²) in [6, 6.07) is 18.7. The van der Waals surface area contributed by atoms with E-state index in [1.165, 1.54) is 11.3 Å². The number of thiophene rings is 1. The Labute approximate surface area is 204 Å². The highest BCUT2D eigenvalue weighted by Crippen LogP contribution is 2.36. The molecule has 10 heteroatoms. The second-order valence-corrected chi connectivity index (χ2v) is 8.83. The number of hydrogen-bond acceptors (Lipinski definition) is 9. The van der Waals surface area contributed by atoms with Crippen molar-refractivity contribution in [2.45, 2.75) is 12.1 Å². The highest BCUT2D eigenvalue weighted by atomic mass is 32.2. The van der Waals surface area contributed by atoms with E-state index in [1.54, 1.807) is 26.2 Å². The van der Waals surface area contributed by atoms with Crippen molar-refractivity contribution in [3.8, 4) is 27.6 Å². The molecule has 2 heterocycles. The summed E-state index contributed by atoms with van der Waals surface area (Å²) >= 11 is 2.37. The van der Waals surface area contributed by atoms with Crippen molar-refractivity contribution in [1.29, 1.82) is 0 Å². The highest BCUT2D eigenvalue weighted by molar-refractivity contribution is 7.99. The van der Waals surface area contributed by atoms with Crippen LogP contribution in [0.3, 0.4) is 0 Å². The maximum Gasteiger partial charge on any atom is 0.350 e. The average Bonchev–Trinajstić information content (AvgIpc) is 3.51. The Balaban J connectivity index is 1.45. The summed E-state index contributed by atoms with van der Waals surface area (Å²) in [4.78, 5) is 26.3. The van der Waals surface area contributed by atoms with Crippen LogP contribution in [0, 0.1) is 0 Å².